The number of nitrogens with one attached hydrogen (secondary N) is 1. The number of rotatable bonds is 25. The first-order chi connectivity index (χ1) is 26.7. The van der Waals surface area contributed by atoms with Gasteiger partial charge in [-0.15, -0.1) is 0 Å². The van der Waals surface area contributed by atoms with E-state index in [0.717, 1.165) is 6.42 Å². The van der Waals surface area contributed by atoms with Crippen LogP contribution in [0.2, 0.25) is 0 Å². The molecule has 2 fully saturated rings. The van der Waals surface area contributed by atoms with Gasteiger partial charge < -0.3 is 63.4 Å². The highest BCUT2D eigenvalue weighted by Crippen LogP contribution is 2.40. The van der Waals surface area contributed by atoms with E-state index in [0.29, 0.717) is 31.8 Å². The lowest BCUT2D eigenvalue weighted by atomic mass is 9.75. The smallest absolute Gasteiger partial charge is 0.311 e. The van der Waals surface area contributed by atoms with Crippen molar-refractivity contribution in [3.63, 3.8) is 0 Å². The number of hydrogen-bond donors (Lipinski definition) is 4. The lowest BCUT2D eigenvalue weighted by Gasteiger charge is -2.48. The molecule has 0 aromatic carbocycles. The number of nitrogens with zero attached hydrogens (tertiary/aromatic N) is 1. The number of esters is 1. The summed E-state index contributed by atoms with van der Waals surface area (Å²) in [5.74, 6) is -2.88. The highest BCUT2D eigenvalue weighted by molar-refractivity contribution is 5.88. The molecule has 2 aliphatic heterocycles. The van der Waals surface area contributed by atoms with E-state index in [2.05, 4.69) is 17.4 Å². The number of carbonyl (C=O) groups is 1. The molecule has 2 rings (SSSR count). The molecule has 0 aromatic heterocycles. The summed E-state index contributed by atoms with van der Waals surface area (Å²) < 4.78 is 48.5. The third-order valence-corrected chi connectivity index (χ3v) is 12.2. The Morgan fingerprint density at radius 2 is 1.68 bits per heavy atom. The molecular formula is C42H80N2O13. The standard InChI is InChI=1S/C42H80N2O13/c1-16-25(4)53-39(47)30(9)36(56-34-22-42(12,50-15)37(46)31(10)55-34)29(8)38(57-40-27(6)32(43-13)20-26(5)54-40)41(11,48)21-24(3)35(28(7)33(45)17-2)44-52-23-51-19-18-49-14/h24-34,36-38,40,43,45-46,48H,16-23H2,1-15H3/b44-35+/t24-,25+,26-,27-,28-,29+,30-,31+,32+,33+,34+,36+,37+,38-,40+,41-,42-/m1/s1. The van der Waals surface area contributed by atoms with Gasteiger partial charge in [-0.05, 0) is 74.3 Å². The fraction of sp³-hybridized carbons (Fsp3) is 0.952. The summed E-state index contributed by atoms with van der Waals surface area (Å²) in [7, 11) is 5.03. The zero-order valence-corrected chi connectivity index (χ0v) is 37.7. The van der Waals surface area contributed by atoms with E-state index in [1.54, 1.807) is 34.8 Å². The molecule has 2 saturated heterocycles. The van der Waals surface area contributed by atoms with Gasteiger partial charge in [-0.1, -0.05) is 46.7 Å². The van der Waals surface area contributed by atoms with Crippen LogP contribution in [0.4, 0.5) is 0 Å². The summed E-state index contributed by atoms with van der Waals surface area (Å²) in [5.41, 5.74) is -2.02. The minimum Gasteiger partial charge on any atom is -0.462 e. The summed E-state index contributed by atoms with van der Waals surface area (Å²) in [5, 5.41) is 42.6. The molecule has 15 heteroatoms. The normalized spacial score (nSPS) is 32.6. The summed E-state index contributed by atoms with van der Waals surface area (Å²) in [6.45, 7) is 23.1. The Morgan fingerprint density at radius 1 is 1.02 bits per heavy atom. The lowest BCUT2D eigenvalue weighted by molar-refractivity contribution is -0.311. The number of aliphatic hydroxyl groups excluding tert-OH is 2. The SMILES string of the molecule is CC[C@H](C)OC(=O)[C@H](C)[C@@H](O[C@H]1C[C@@](C)(OC)[C@@H](O)[C@H](C)O1)[C@H](C)[C@@H](O[C@@H]1O[C@H](C)C[C@H](NC)[C@H]1C)[C@](C)(O)C[C@@H](C)/C(=N\OCOCCOC)[C@H](C)[C@@H](O)CC. The maximum absolute atomic E-state index is 13.8. The molecule has 0 unspecified atom stereocenters. The molecule has 0 aromatic rings. The van der Waals surface area contributed by atoms with Crippen LogP contribution in [-0.4, -0.2) is 141 Å². The van der Waals surface area contributed by atoms with Crippen molar-refractivity contribution < 1.29 is 62.8 Å². The van der Waals surface area contributed by atoms with E-state index in [1.807, 2.05) is 55.5 Å². The second kappa shape index (κ2) is 24.1. The van der Waals surface area contributed by atoms with Gasteiger partial charge in [0.25, 0.3) is 0 Å². The van der Waals surface area contributed by atoms with Gasteiger partial charge >= 0.3 is 5.97 Å². The average Bonchev–Trinajstić information content (AvgIpc) is 3.17. The second-order valence-electron chi connectivity index (χ2n) is 17.1. The molecular weight excluding hydrogens is 740 g/mol. The third-order valence-electron chi connectivity index (χ3n) is 12.2. The fourth-order valence-corrected chi connectivity index (χ4v) is 8.20. The van der Waals surface area contributed by atoms with Crippen molar-refractivity contribution in [2.45, 2.75) is 188 Å². The first-order valence-corrected chi connectivity index (χ1v) is 21.1. The Hall–Kier alpha value is -1.50. The molecule has 2 aliphatic rings. The number of methoxy groups -OCH3 is 2. The first-order valence-electron chi connectivity index (χ1n) is 21.1. The van der Waals surface area contributed by atoms with Gasteiger partial charge in [-0.2, -0.15) is 0 Å². The Kier molecular flexibility index (Phi) is 21.8. The van der Waals surface area contributed by atoms with Gasteiger partial charge in [0, 0.05) is 50.4 Å². The van der Waals surface area contributed by atoms with Crippen LogP contribution in [0.5, 0.6) is 0 Å². The van der Waals surface area contributed by atoms with E-state index in [4.69, 9.17) is 42.7 Å². The maximum Gasteiger partial charge on any atom is 0.311 e. The predicted molar refractivity (Wildman–Crippen MR) is 216 cm³/mol. The summed E-state index contributed by atoms with van der Waals surface area (Å²) in [6, 6.07) is 0.0868. The van der Waals surface area contributed by atoms with Gasteiger partial charge in [0.15, 0.2) is 12.6 Å². The summed E-state index contributed by atoms with van der Waals surface area (Å²) in [6.07, 6.45) is -3.98. The van der Waals surface area contributed by atoms with Crippen LogP contribution in [0.25, 0.3) is 0 Å². The Balaban J connectivity index is 2.67. The largest absolute Gasteiger partial charge is 0.462 e. The maximum atomic E-state index is 13.8. The zero-order chi connectivity index (χ0) is 43.2. The van der Waals surface area contributed by atoms with Crippen molar-refractivity contribution in [2.24, 2.45) is 34.7 Å². The van der Waals surface area contributed by atoms with E-state index >= 15 is 0 Å². The van der Waals surface area contributed by atoms with Gasteiger partial charge in [-0.3, -0.25) is 4.79 Å². The van der Waals surface area contributed by atoms with Crippen LogP contribution in [0.1, 0.15) is 115 Å². The van der Waals surface area contributed by atoms with E-state index in [1.165, 1.54) is 7.11 Å². The molecule has 4 N–H and O–H groups in total. The van der Waals surface area contributed by atoms with E-state index in [-0.39, 0.29) is 43.8 Å². The lowest BCUT2D eigenvalue weighted by Crippen LogP contribution is -2.59. The van der Waals surface area contributed by atoms with Crippen molar-refractivity contribution in [2.75, 3.05) is 41.3 Å². The molecule has 0 spiro atoms. The van der Waals surface area contributed by atoms with Gasteiger partial charge in [0.2, 0.25) is 6.79 Å². The molecule has 17 atom stereocenters. The van der Waals surface area contributed by atoms with Gasteiger partial charge in [0.05, 0.1) is 72.7 Å². The van der Waals surface area contributed by atoms with Crippen molar-refractivity contribution in [3.05, 3.63) is 0 Å². The average molecular weight is 821 g/mol. The molecule has 0 aliphatic carbocycles. The minimum atomic E-state index is -1.59. The Morgan fingerprint density at radius 3 is 2.26 bits per heavy atom. The number of oxime groups is 1. The zero-order valence-electron chi connectivity index (χ0n) is 37.7. The number of hydrogen-bond acceptors (Lipinski definition) is 15. The van der Waals surface area contributed by atoms with E-state index in [9.17, 15) is 20.1 Å². The fourth-order valence-electron chi connectivity index (χ4n) is 8.20. The van der Waals surface area contributed by atoms with Crippen LogP contribution >= 0.6 is 0 Å². The molecule has 0 bridgehead atoms. The molecule has 0 saturated carbocycles. The van der Waals surface area contributed by atoms with Crippen LogP contribution in [0, 0.1) is 29.6 Å². The number of carbonyl (C=O) groups excluding carboxylic acids is 1. The van der Waals surface area contributed by atoms with Crippen LogP contribution in [-0.2, 0) is 47.5 Å². The van der Waals surface area contributed by atoms with E-state index < -0.39 is 83.9 Å². The molecule has 57 heavy (non-hydrogen) atoms. The molecule has 15 nitrogen and oxygen atoms in total. The second-order valence-corrected chi connectivity index (χ2v) is 17.1. The number of aliphatic hydroxyl groups is 3. The quantitative estimate of drug-likeness (QED) is 0.0324. The molecule has 336 valence electrons. The van der Waals surface area contributed by atoms with Crippen molar-refractivity contribution >= 4 is 11.7 Å². The van der Waals surface area contributed by atoms with Crippen molar-refractivity contribution in [3.8, 4) is 0 Å². The third kappa shape index (κ3) is 14.6. The highest BCUT2D eigenvalue weighted by atomic mass is 16.7. The Labute approximate surface area is 343 Å². The summed E-state index contributed by atoms with van der Waals surface area (Å²) >= 11 is 0. The van der Waals surface area contributed by atoms with Crippen LogP contribution in [0.3, 0.4) is 0 Å². The summed E-state index contributed by atoms with van der Waals surface area (Å²) in [4.78, 5) is 19.4. The molecule has 0 radical (unpaired) electrons. The van der Waals surface area contributed by atoms with Gasteiger partial charge in [0.1, 0.15) is 6.10 Å². The highest BCUT2D eigenvalue weighted by Gasteiger charge is 2.51. The molecule has 0 amide bonds. The predicted octanol–water partition coefficient (Wildman–Crippen LogP) is 4.81. The first kappa shape index (κ1) is 51.6. The van der Waals surface area contributed by atoms with Crippen LogP contribution < -0.4 is 5.32 Å². The number of ether oxygens (including phenoxy) is 8. The topological polar surface area (TPSA) is 185 Å². The van der Waals surface area contributed by atoms with Crippen molar-refractivity contribution in [1.29, 1.82) is 0 Å². The molecule has 2 heterocycles. The minimum absolute atomic E-state index is 0.0868. The van der Waals surface area contributed by atoms with Gasteiger partial charge in [-0.25, -0.2) is 0 Å². The monoisotopic (exact) mass is 821 g/mol. The Bertz CT molecular complexity index is 1190. The van der Waals surface area contributed by atoms with Crippen LogP contribution in [0.15, 0.2) is 5.16 Å². The van der Waals surface area contributed by atoms with Crippen molar-refractivity contribution in [1.82, 2.24) is 5.32 Å².